The summed E-state index contributed by atoms with van der Waals surface area (Å²) in [6.45, 7) is 2.41. The second-order valence-electron chi connectivity index (χ2n) is 8.35. The minimum Gasteiger partial charge on any atom is -0.384 e. The highest BCUT2D eigenvalue weighted by Crippen LogP contribution is 2.38. The number of nitrogens with two attached hydrogens (primary N) is 1. The first kappa shape index (κ1) is 18.0. The number of hydrogen-bond donors (Lipinski definition) is 1. The van der Waals surface area contributed by atoms with Crippen molar-refractivity contribution in [1.29, 1.82) is 0 Å². The number of aromatic nitrogens is 5. The van der Waals surface area contributed by atoms with Crippen LogP contribution in [-0.2, 0) is 6.54 Å². The van der Waals surface area contributed by atoms with Crippen LogP contribution in [0.25, 0.3) is 22.2 Å². The first-order valence-electron chi connectivity index (χ1n) is 10.4. The maximum absolute atomic E-state index is 13.0. The predicted octanol–water partition coefficient (Wildman–Crippen LogP) is 2.45. The summed E-state index contributed by atoms with van der Waals surface area (Å²) >= 11 is 0. The first-order chi connectivity index (χ1) is 15.2. The van der Waals surface area contributed by atoms with Gasteiger partial charge in [0.05, 0.1) is 11.2 Å². The van der Waals surface area contributed by atoms with E-state index in [1.54, 1.807) is 18.3 Å². The molecule has 154 valence electrons. The zero-order chi connectivity index (χ0) is 20.9. The molecule has 0 aromatic carbocycles. The van der Waals surface area contributed by atoms with Gasteiger partial charge >= 0.3 is 0 Å². The number of rotatable bonds is 2. The van der Waals surface area contributed by atoms with Gasteiger partial charge in [0.2, 0.25) is 0 Å². The standard InChI is InChI=1S/C23H21N7O/c24-21-9-19(27-13-28-21)15-7-20-16-6-14(11-30(20)22(31)8-15)10-29(12-16)23-17-2-1-4-25-18(17)3-5-26-23/h1-5,7-9,13-14,16H,6,10-12H2,(H2,24,27,28)/t14-,16+/m0/s1. The Hall–Kier alpha value is -3.81. The van der Waals surface area contributed by atoms with Crippen LogP contribution in [0.3, 0.4) is 0 Å². The third-order valence-corrected chi connectivity index (χ3v) is 6.35. The molecule has 8 nitrogen and oxygen atoms in total. The molecule has 2 atom stereocenters. The SMILES string of the molecule is Nc1cc(-c2cc3n(c(=O)c2)C[C@H]2C[C@@H]3CN(c3nccc4ncccc34)C2)ncn1. The molecule has 2 aliphatic rings. The summed E-state index contributed by atoms with van der Waals surface area (Å²) in [5.41, 5.74) is 9.30. The van der Waals surface area contributed by atoms with Crippen molar-refractivity contribution in [2.75, 3.05) is 23.7 Å². The fraction of sp³-hybridized carbons (Fsp3) is 0.261. The van der Waals surface area contributed by atoms with Gasteiger partial charge in [-0.15, -0.1) is 0 Å². The molecule has 1 saturated heterocycles. The molecule has 2 N–H and O–H groups in total. The highest BCUT2D eigenvalue weighted by atomic mass is 16.1. The van der Waals surface area contributed by atoms with Gasteiger partial charge in [0.1, 0.15) is 18.0 Å². The topological polar surface area (TPSA) is 103 Å². The van der Waals surface area contributed by atoms with E-state index in [1.807, 2.05) is 22.9 Å². The molecular weight excluding hydrogens is 390 g/mol. The summed E-state index contributed by atoms with van der Waals surface area (Å²) in [5.74, 6) is 2.00. The molecule has 0 radical (unpaired) electrons. The van der Waals surface area contributed by atoms with E-state index in [4.69, 9.17) is 10.7 Å². The molecular formula is C23H21N7O. The zero-order valence-electron chi connectivity index (χ0n) is 16.8. The van der Waals surface area contributed by atoms with Gasteiger partial charge in [0.15, 0.2) is 0 Å². The van der Waals surface area contributed by atoms with Crippen LogP contribution >= 0.6 is 0 Å². The van der Waals surface area contributed by atoms with Crippen LogP contribution in [0.4, 0.5) is 11.6 Å². The second kappa shape index (κ2) is 6.87. The van der Waals surface area contributed by atoms with Gasteiger partial charge in [-0.25, -0.2) is 15.0 Å². The van der Waals surface area contributed by atoms with E-state index in [1.165, 1.54) is 6.33 Å². The molecule has 8 heteroatoms. The van der Waals surface area contributed by atoms with Gasteiger partial charge < -0.3 is 15.2 Å². The maximum atomic E-state index is 13.0. The Balaban J connectivity index is 1.41. The summed E-state index contributed by atoms with van der Waals surface area (Å²) in [7, 11) is 0. The van der Waals surface area contributed by atoms with E-state index in [-0.39, 0.29) is 11.5 Å². The highest BCUT2D eigenvalue weighted by molar-refractivity contribution is 5.89. The van der Waals surface area contributed by atoms with Gasteiger partial charge in [-0.3, -0.25) is 9.78 Å². The Morgan fingerprint density at radius 2 is 1.90 bits per heavy atom. The molecule has 2 aliphatic heterocycles. The lowest BCUT2D eigenvalue weighted by Gasteiger charge is -2.43. The van der Waals surface area contributed by atoms with Crippen LogP contribution < -0.4 is 16.2 Å². The maximum Gasteiger partial charge on any atom is 0.251 e. The Kier molecular flexibility index (Phi) is 3.99. The van der Waals surface area contributed by atoms with Crippen LogP contribution in [0, 0.1) is 5.92 Å². The number of nitrogen functional groups attached to an aromatic ring is 1. The molecule has 6 heterocycles. The first-order valence-corrected chi connectivity index (χ1v) is 10.4. The lowest BCUT2D eigenvalue weighted by atomic mass is 9.82. The average Bonchev–Trinajstić information content (AvgIpc) is 2.79. The smallest absolute Gasteiger partial charge is 0.251 e. The normalized spacial score (nSPS) is 19.9. The van der Waals surface area contributed by atoms with Gasteiger partial charge in [0, 0.05) is 66.7 Å². The van der Waals surface area contributed by atoms with Crippen LogP contribution in [0.15, 0.2) is 59.9 Å². The Morgan fingerprint density at radius 3 is 2.81 bits per heavy atom. The molecule has 0 spiro atoms. The number of piperidine rings is 1. The zero-order valence-corrected chi connectivity index (χ0v) is 16.8. The molecule has 0 aliphatic carbocycles. The molecule has 0 saturated carbocycles. The number of hydrogen-bond acceptors (Lipinski definition) is 7. The molecule has 31 heavy (non-hydrogen) atoms. The van der Waals surface area contributed by atoms with E-state index < -0.39 is 0 Å². The lowest BCUT2D eigenvalue weighted by Crippen LogP contribution is -2.47. The summed E-state index contributed by atoms with van der Waals surface area (Å²) < 4.78 is 1.93. The minimum absolute atomic E-state index is 0.0142. The average molecular weight is 411 g/mol. The van der Waals surface area contributed by atoms with E-state index in [9.17, 15) is 4.79 Å². The van der Waals surface area contributed by atoms with E-state index in [0.29, 0.717) is 17.4 Å². The van der Waals surface area contributed by atoms with E-state index >= 15 is 0 Å². The predicted molar refractivity (Wildman–Crippen MR) is 119 cm³/mol. The van der Waals surface area contributed by atoms with E-state index in [0.717, 1.165) is 54.0 Å². The monoisotopic (exact) mass is 411 g/mol. The van der Waals surface area contributed by atoms with Crippen molar-refractivity contribution in [3.63, 3.8) is 0 Å². The van der Waals surface area contributed by atoms with Crippen LogP contribution in [0.1, 0.15) is 18.0 Å². The second-order valence-corrected chi connectivity index (χ2v) is 8.35. The molecule has 2 bridgehead atoms. The number of anilines is 2. The summed E-state index contributed by atoms with van der Waals surface area (Å²) in [4.78, 5) is 32.7. The highest BCUT2D eigenvalue weighted by Gasteiger charge is 2.36. The lowest BCUT2D eigenvalue weighted by molar-refractivity contribution is 0.281. The number of fused-ring (bicyclic) bond motifs is 5. The molecule has 6 rings (SSSR count). The van der Waals surface area contributed by atoms with Crippen molar-refractivity contribution in [1.82, 2.24) is 24.5 Å². The Bertz CT molecular complexity index is 1360. The van der Waals surface area contributed by atoms with E-state index in [2.05, 4.69) is 32.0 Å². The van der Waals surface area contributed by atoms with Crippen LogP contribution in [0.5, 0.6) is 0 Å². The van der Waals surface area contributed by atoms with Crippen molar-refractivity contribution in [2.45, 2.75) is 18.9 Å². The third-order valence-electron chi connectivity index (χ3n) is 6.35. The van der Waals surface area contributed by atoms with Gasteiger partial charge in [0.25, 0.3) is 5.56 Å². The minimum atomic E-state index is 0.0142. The van der Waals surface area contributed by atoms with Gasteiger partial charge in [-0.1, -0.05) is 0 Å². The molecule has 1 fully saturated rings. The Morgan fingerprint density at radius 1 is 0.968 bits per heavy atom. The summed E-state index contributed by atoms with van der Waals surface area (Å²) in [6, 6.07) is 11.4. The van der Waals surface area contributed by atoms with Crippen molar-refractivity contribution < 1.29 is 0 Å². The Labute approximate surface area is 178 Å². The quantitative estimate of drug-likeness (QED) is 0.540. The molecule has 0 unspecified atom stereocenters. The third kappa shape index (κ3) is 3.02. The van der Waals surface area contributed by atoms with Crippen LogP contribution in [-0.4, -0.2) is 37.6 Å². The molecule has 4 aromatic rings. The largest absolute Gasteiger partial charge is 0.384 e. The van der Waals surface area contributed by atoms with Crippen molar-refractivity contribution >= 4 is 22.5 Å². The fourth-order valence-electron chi connectivity index (χ4n) is 5.05. The van der Waals surface area contributed by atoms with Crippen molar-refractivity contribution in [3.05, 3.63) is 71.2 Å². The molecule has 0 amide bonds. The van der Waals surface area contributed by atoms with Gasteiger partial charge in [-0.05, 0) is 36.6 Å². The van der Waals surface area contributed by atoms with Crippen LogP contribution in [0.2, 0.25) is 0 Å². The van der Waals surface area contributed by atoms with Crippen molar-refractivity contribution in [2.24, 2.45) is 5.92 Å². The summed E-state index contributed by atoms with van der Waals surface area (Å²) in [6.07, 6.45) is 6.13. The number of pyridine rings is 3. The number of nitrogens with zero attached hydrogens (tertiary/aromatic N) is 6. The fourth-order valence-corrected chi connectivity index (χ4v) is 5.05. The van der Waals surface area contributed by atoms with Crippen molar-refractivity contribution in [3.8, 4) is 11.3 Å². The molecule has 4 aromatic heterocycles. The summed E-state index contributed by atoms with van der Waals surface area (Å²) in [5, 5.41) is 1.06. The van der Waals surface area contributed by atoms with Gasteiger partial charge in [-0.2, -0.15) is 0 Å².